The number of anilines is 1. The van der Waals surface area contributed by atoms with E-state index in [1.807, 2.05) is 23.6 Å². The number of hydrogen-bond acceptors (Lipinski definition) is 6. The van der Waals surface area contributed by atoms with E-state index in [0.717, 1.165) is 18.4 Å². The van der Waals surface area contributed by atoms with E-state index in [-0.39, 0.29) is 17.9 Å². The van der Waals surface area contributed by atoms with Crippen molar-refractivity contribution in [2.75, 3.05) is 39.2 Å². The monoisotopic (exact) mass is 418 g/mol. The molecule has 0 bridgehead atoms. The largest absolute Gasteiger partial charge is 0.493 e. The van der Waals surface area contributed by atoms with Gasteiger partial charge in [0.25, 0.3) is 0 Å². The van der Waals surface area contributed by atoms with Crippen LogP contribution in [0, 0.1) is 5.92 Å². The summed E-state index contributed by atoms with van der Waals surface area (Å²) in [6, 6.07) is 5.57. The molecule has 1 atom stereocenters. The predicted octanol–water partition coefficient (Wildman–Crippen LogP) is 2.76. The molecule has 0 radical (unpaired) electrons. The number of ether oxygens (including phenoxy) is 2. The molecule has 1 fully saturated rings. The molecule has 2 N–H and O–H groups in total. The fourth-order valence-corrected chi connectivity index (χ4v) is 3.86. The Bertz CT molecular complexity index is 828. The molecule has 1 aliphatic heterocycles. The molecule has 0 unspecified atom stereocenters. The van der Waals surface area contributed by atoms with Crippen LogP contribution in [0.1, 0.15) is 18.4 Å². The number of carbonyl (C=O) groups excluding carboxylic acids is 2. The first kappa shape index (κ1) is 20.9. The van der Waals surface area contributed by atoms with Gasteiger partial charge < -0.3 is 25.0 Å². The topological polar surface area (TPSA) is 92.8 Å². The number of likely N-dealkylation sites (tertiary alicyclic amines) is 1. The molecule has 8 nitrogen and oxygen atoms in total. The average molecular weight is 419 g/mol. The summed E-state index contributed by atoms with van der Waals surface area (Å²) in [6.07, 6.45) is 3.90. The Balaban J connectivity index is 1.47. The number of piperidine rings is 1. The highest BCUT2D eigenvalue weighted by Crippen LogP contribution is 2.27. The maximum atomic E-state index is 12.5. The SMILES string of the molecule is COc1ccc(CCNC(=O)N2CCC[C@H](C(=O)Nc3nccs3)C2)cc1OC. The van der Waals surface area contributed by atoms with Gasteiger partial charge in [-0.15, -0.1) is 11.3 Å². The number of methoxy groups -OCH3 is 2. The third kappa shape index (κ3) is 5.60. The van der Waals surface area contributed by atoms with Crippen LogP contribution in [0.25, 0.3) is 0 Å². The van der Waals surface area contributed by atoms with Gasteiger partial charge in [-0.2, -0.15) is 0 Å². The van der Waals surface area contributed by atoms with Gasteiger partial charge in [-0.25, -0.2) is 9.78 Å². The van der Waals surface area contributed by atoms with Crippen LogP contribution in [0.3, 0.4) is 0 Å². The average Bonchev–Trinajstić information content (AvgIpc) is 3.26. The van der Waals surface area contributed by atoms with Gasteiger partial charge in [-0.05, 0) is 37.0 Å². The van der Waals surface area contributed by atoms with Gasteiger partial charge in [-0.1, -0.05) is 6.07 Å². The molecular formula is C20H26N4O4S. The Morgan fingerprint density at radius 1 is 1.28 bits per heavy atom. The summed E-state index contributed by atoms with van der Waals surface area (Å²) in [5.74, 6) is 1.05. The lowest BCUT2D eigenvalue weighted by Gasteiger charge is -2.31. The lowest BCUT2D eigenvalue weighted by Crippen LogP contribution is -2.48. The van der Waals surface area contributed by atoms with E-state index < -0.39 is 0 Å². The Kier molecular flexibility index (Phi) is 7.29. The standard InChI is InChI=1S/C20H26N4O4S/c1-27-16-6-5-14(12-17(16)28-2)7-8-22-20(26)24-10-3-4-15(13-24)18(25)23-19-21-9-11-29-19/h5-6,9,11-12,15H,3-4,7-8,10,13H2,1-2H3,(H,22,26)(H,21,23,25)/t15-/m0/s1. The molecule has 1 saturated heterocycles. The number of aromatic nitrogens is 1. The molecule has 1 aliphatic rings. The maximum absolute atomic E-state index is 12.5. The van der Waals surface area contributed by atoms with Crippen LogP contribution in [0.4, 0.5) is 9.93 Å². The van der Waals surface area contributed by atoms with Crippen molar-refractivity contribution < 1.29 is 19.1 Å². The van der Waals surface area contributed by atoms with Crippen LogP contribution >= 0.6 is 11.3 Å². The number of nitrogens with zero attached hydrogens (tertiary/aromatic N) is 2. The molecule has 156 valence electrons. The number of nitrogens with one attached hydrogen (secondary N) is 2. The molecule has 3 amide bonds. The summed E-state index contributed by atoms with van der Waals surface area (Å²) in [5.41, 5.74) is 1.04. The minimum atomic E-state index is -0.218. The molecule has 0 aliphatic carbocycles. The first-order valence-electron chi connectivity index (χ1n) is 9.54. The minimum absolute atomic E-state index is 0.0808. The van der Waals surface area contributed by atoms with Gasteiger partial charge in [0.2, 0.25) is 5.91 Å². The second-order valence-electron chi connectivity index (χ2n) is 6.78. The number of hydrogen-bond donors (Lipinski definition) is 2. The lowest BCUT2D eigenvalue weighted by atomic mass is 9.97. The smallest absolute Gasteiger partial charge is 0.317 e. The van der Waals surface area contributed by atoms with E-state index in [2.05, 4.69) is 15.6 Å². The molecule has 0 saturated carbocycles. The van der Waals surface area contributed by atoms with Crippen LogP contribution in [0.15, 0.2) is 29.8 Å². The number of benzene rings is 1. The number of carbonyl (C=O) groups is 2. The Hall–Kier alpha value is -2.81. The normalized spacial score (nSPS) is 16.2. The first-order chi connectivity index (χ1) is 14.1. The zero-order valence-electron chi connectivity index (χ0n) is 16.6. The molecule has 1 aromatic carbocycles. The van der Waals surface area contributed by atoms with Crippen LogP contribution in [0.2, 0.25) is 0 Å². The number of amides is 3. The summed E-state index contributed by atoms with van der Waals surface area (Å²) in [5, 5.41) is 8.17. The summed E-state index contributed by atoms with van der Waals surface area (Å²) >= 11 is 1.38. The Labute approximate surface area is 174 Å². The van der Waals surface area contributed by atoms with Crippen LogP contribution in [-0.2, 0) is 11.2 Å². The highest BCUT2D eigenvalue weighted by atomic mass is 32.1. The molecule has 1 aromatic heterocycles. The van der Waals surface area contributed by atoms with Crippen molar-refractivity contribution in [3.8, 4) is 11.5 Å². The van der Waals surface area contributed by atoms with Crippen molar-refractivity contribution >= 4 is 28.4 Å². The molecule has 2 heterocycles. The summed E-state index contributed by atoms with van der Waals surface area (Å²) in [7, 11) is 3.20. The zero-order valence-corrected chi connectivity index (χ0v) is 17.5. The second-order valence-corrected chi connectivity index (χ2v) is 7.68. The minimum Gasteiger partial charge on any atom is -0.493 e. The highest BCUT2D eigenvalue weighted by molar-refractivity contribution is 7.13. The summed E-state index contributed by atoms with van der Waals surface area (Å²) in [6.45, 7) is 1.57. The second kappa shape index (κ2) is 10.1. The molecule has 2 aromatic rings. The van der Waals surface area contributed by atoms with Crippen molar-refractivity contribution in [3.05, 3.63) is 35.3 Å². The number of urea groups is 1. The predicted molar refractivity (Wildman–Crippen MR) is 112 cm³/mol. The molecule has 29 heavy (non-hydrogen) atoms. The van der Waals surface area contributed by atoms with Gasteiger partial charge >= 0.3 is 6.03 Å². The van der Waals surface area contributed by atoms with E-state index in [1.165, 1.54) is 11.3 Å². The third-order valence-electron chi connectivity index (χ3n) is 4.88. The van der Waals surface area contributed by atoms with Gasteiger partial charge in [0.1, 0.15) is 0 Å². The van der Waals surface area contributed by atoms with Crippen LogP contribution in [-0.4, -0.2) is 55.7 Å². The summed E-state index contributed by atoms with van der Waals surface area (Å²) in [4.78, 5) is 30.7. The zero-order chi connectivity index (χ0) is 20.6. The molecule has 0 spiro atoms. The number of rotatable bonds is 7. The van der Waals surface area contributed by atoms with E-state index >= 15 is 0 Å². The van der Waals surface area contributed by atoms with Crippen LogP contribution < -0.4 is 20.1 Å². The van der Waals surface area contributed by atoms with E-state index in [9.17, 15) is 9.59 Å². The maximum Gasteiger partial charge on any atom is 0.317 e. The van der Waals surface area contributed by atoms with Crippen molar-refractivity contribution in [2.24, 2.45) is 5.92 Å². The Morgan fingerprint density at radius 2 is 2.10 bits per heavy atom. The lowest BCUT2D eigenvalue weighted by molar-refractivity contribution is -0.121. The fraction of sp³-hybridized carbons (Fsp3) is 0.450. The molecule has 9 heteroatoms. The molecular weight excluding hydrogens is 392 g/mol. The van der Waals surface area contributed by atoms with Crippen molar-refractivity contribution in [1.29, 1.82) is 0 Å². The fourth-order valence-electron chi connectivity index (χ4n) is 3.33. The summed E-state index contributed by atoms with van der Waals surface area (Å²) < 4.78 is 10.5. The first-order valence-corrected chi connectivity index (χ1v) is 10.4. The van der Waals surface area contributed by atoms with Crippen molar-refractivity contribution in [2.45, 2.75) is 19.3 Å². The van der Waals surface area contributed by atoms with Gasteiger partial charge in [0.05, 0.1) is 20.1 Å². The van der Waals surface area contributed by atoms with E-state index in [1.54, 1.807) is 25.3 Å². The van der Waals surface area contributed by atoms with Gasteiger partial charge in [-0.3, -0.25) is 4.79 Å². The molecule has 3 rings (SSSR count). The Morgan fingerprint density at radius 3 is 2.83 bits per heavy atom. The van der Waals surface area contributed by atoms with E-state index in [0.29, 0.717) is 42.7 Å². The van der Waals surface area contributed by atoms with E-state index in [4.69, 9.17) is 9.47 Å². The van der Waals surface area contributed by atoms with Crippen LogP contribution in [0.5, 0.6) is 11.5 Å². The van der Waals surface area contributed by atoms with Gasteiger partial charge in [0.15, 0.2) is 16.6 Å². The quantitative estimate of drug-likeness (QED) is 0.721. The van der Waals surface area contributed by atoms with Gasteiger partial charge in [0, 0.05) is 31.2 Å². The van der Waals surface area contributed by atoms with Crippen molar-refractivity contribution in [3.63, 3.8) is 0 Å². The third-order valence-corrected chi connectivity index (χ3v) is 5.57. The van der Waals surface area contributed by atoms with Crippen molar-refractivity contribution in [1.82, 2.24) is 15.2 Å². The number of thiazole rings is 1. The highest BCUT2D eigenvalue weighted by Gasteiger charge is 2.28.